The number of carbonyl (C=O) groups is 4. The molecule has 170 valence electrons. The summed E-state index contributed by atoms with van der Waals surface area (Å²) >= 11 is 0. The van der Waals surface area contributed by atoms with Crippen molar-refractivity contribution in [3.8, 4) is 5.75 Å². The van der Waals surface area contributed by atoms with Crippen molar-refractivity contribution in [3.63, 3.8) is 0 Å². The number of esters is 2. The van der Waals surface area contributed by atoms with Crippen LogP contribution in [0.3, 0.4) is 0 Å². The lowest BCUT2D eigenvalue weighted by molar-refractivity contribution is -0.147. The van der Waals surface area contributed by atoms with Gasteiger partial charge in [-0.05, 0) is 49.7 Å². The fourth-order valence-electron chi connectivity index (χ4n) is 2.64. The Morgan fingerprint density at radius 1 is 0.844 bits per heavy atom. The molecule has 0 aromatic heterocycles. The van der Waals surface area contributed by atoms with E-state index in [9.17, 15) is 19.2 Å². The number of ether oxygens (including phenoxy) is 3. The number of anilines is 2. The van der Waals surface area contributed by atoms with Crippen LogP contribution in [0.15, 0.2) is 48.5 Å². The van der Waals surface area contributed by atoms with Gasteiger partial charge in [-0.3, -0.25) is 14.4 Å². The first kappa shape index (κ1) is 24.4. The van der Waals surface area contributed by atoms with E-state index >= 15 is 0 Å². The molecule has 2 rings (SSSR count). The second kappa shape index (κ2) is 12.7. The summed E-state index contributed by atoms with van der Waals surface area (Å²) in [6.07, 6.45) is 0.371. The largest absolute Gasteiger partial charge is 0.497 e. The molecule has 9 heteroatoms. The van der Waals surface area contributed by atoms with E-state index in [4.69, 9.17) is 14.2 Å². The Balaban J connectivity index is 1.65. The Kier molecular flexibility index (Phi) is 9.70. The minimum atomic E-state index is -0.572. The first-order chi connectivity index (χ1) is 15.4. The van der Waals surface area contributed by atoms with Crippen molar-refractivity contribution in [3.05, 3.63) is 54.1 Å². The van der Waals surface area contributed by atoms with Crippen molar-refractivity contribution in [2.24, 2.45) is 0 Å². The third-order valence-corrected chi connectivity index (χ3v) is 4.18. The second-order valence-corrected chi connectivity index (χ2v) is 6.64. The van der Waals surface area contributed by atoms with E-state index in [0.717, 1.165) is 0 Å². The summed E-state index contributed by atoms with van der Waals surface area (Å²) in [5, 5.41) is 5.29. The number of methoxy groups -OCH3 is 1. The van der Waals surface area contributed by atoms with Gasteiger partial charge in [-0.15, -0.1) is 0 Å². The maximum atomic E-state index is 12.0. The van der Waals surface area contributed by atoms with Crippen LogP contribution in [0.1, 0.15) is 36.5 Å². The summed E-state index contributed by atoms with van der Waals surface area (Å²) in [7, 11) is 1.52. The van der Waals surface area contributed by atoms with Crippen molar-refractivity contribution in [1.29, 1.82) is 0 Å². The van der Waals surface area contributed by atoms with Gasteiger partial charge in [0, 0.05) is 30.3 Å². The molecule has 0 atom stereocenters. The Labute approximate surface area is 186 Å². The number of amides is 2. The topological polar surface area (TPSA) is 120 Å². The minimum absolute atomic E-state index is 0.00164. The number of rotatable bonds is 11. The fourth-order valence-corrected chi connectivity index (χ4v) is 2.64. The van der Waals surface area contributed by atoms with Crippen LogP contribution in [0.4, 0.5) is 11.4 Å². The van der Waals surface area contributed by atoms with Gasteiger partial charge in [0.25, 0.3) is 5.91 Å². The maximum Gasteiger partial charge on any atom is 0.338 e. The van der Waals surface area contributed by atoms with E-state index in [1.165, 1.54) is 7.11 Å². The average Bonchev–Trinajstić information content (AvgIpc) is 2.78. The van der Waals surface area contributed by atoms with Gasteiger partial charge in [0.2, 0.25) is 5.91 Å². The standard InChI is InChI=1S/C23H26N2O7/c1-3-31-23(29)16-10-12-17(13-11-16)24-20(26)8-5-9-22(28)32-15-21(27)25-18-6-4-7-19(14-18)30-2/h4,6-7,10-14H,3,5,8-9,15H2,1-2H3,(H,24,26)(H,25,27). The lowest BCUT2D eigenvalue weighted by Gasteiger charge is -2.08. The van der Waals surface area contributed by atoms with Crippen LogP contribution in [-0.4, -0.2) is 44.1 Å². The van der Waals surface area contributed by atoms with E-state index < -0.39 is 24.5 Å². The number of hydrogen-bond donors (Lipinski definition) is 2. The van der Waals surface area contributed by atoms with Gasteiger partial charge in [0.1, 0.15) is 5.75 Å². The zero-order valence-corrected chi connectivity index (χ0v) is 18.0. The summed E-state index contributed by atoms with van der Waals surface area (Å²) in [5.41, 5.74) is 1.44. The molecule has 0 bridgehead atoms. The van der Waals surface area contributed by atoms with E-state index in [0.29, 0.717) is 22.7 Å². The molecule has 9 nitrogen and oxygen atoms in total. The second-order valence-electron chi connectivity index (χ2n) is 6.64. The number of carbonyl (C=O) groups excluding carboxylic acids is 4. The molecule has 2 amide bonds. The van der Waals surface area contributed by atoms with Crippen LogP contribution >= 0.6 is 0 Å². The maximum absolute atomic E-state index is 12.0. The third-order valence-electron chi connectivity index (χ3n) is 4.18. The Morgan fingerprint density at radius 3 is 2.25 bits per heavy atom. The molecule has 32 heavy (non-hydrogen) atoms. The van der Waals surface area contributed by atoms with E-state index in [1.807, 2.05) is 0 Å². The molecule has 0 saturated heterocycles. The molecule has 0 saturated carbocycles. The highest BCUT2D eigenvalue weighted by atomic mass is 16.5. The van der Waals surface area contributed by atoms with Crippen molar-refractivity contribution in [2.45, 2.75) is 26.2 Å². The minimum Gasteiger partial charge on any atom is -0.497 e. The molecule has 0 aliphatic carbocycles. The predicted octanol–water partition coefficient (Wildman–Crippen LogP) is 3.16. The highest BCUT2D eigenvalue weighted by Crippen LogP contribution is 2.16. The molecular weight excluding hydrogens is 416 g/mol. The van der Waals surface area contributed by atoms with Crippen molar-refractivity contribution in [1.82, 2.24) is 0 Å². The number of hydrogen-bond acceptors (Lipinski definition) is 7. The van der Waals surface area contributed by atoms with Gasteiger partial charge in [0.05, 0.1) is 19.3 Å². The smallest absolute Gasteiger partial charge is 0.338 e. The van der Waals surface area contributed by atoms with Gasteiger partial charge in [0.15, 0.2) is 6.61 Å². The molecule has 0 radical (unpaired) electrons. The van der Waals surface area contributed by atoms with Crippen molar-refractivity contribution < 1.29 is 33.4 Å². The SMILES string of the molecule is CCOC(=O)c1ccc(NC(=O)CCCC(=O)OCC(=O)Nc2cccc(OC)c2)cc1. The summed E-state index contributed by atoms with van der Waals surface area (Å²) in [5.74, 6) is -1.17. The summed E-state index contributed by atoms with van der Waals surface area (Å²) in [6, 6.07) is 13.1. The zero-order valence-electron chi connectivity index (χ0n) is 18.0. The molecule has 0 unspecified atom stereocenters. The van der Waals surface area contributed by atoms with E-state index in [-0.39, 0.29) is 31.8 Å². The Bertz CT molecular complexity index is 942. The monoisotopic (exact) mass is 442 g/mol. The third kappa shape index (κ3) is 8.47. The molecule has 0 aliphatic heterocycles. The highest BCUT2D eigenvalue weighted by Gasteiger charge is 2.11. The predicted molar refractivity (Wildman–Crippen MR) is 117 cm³/mol. The van der Waals surface area contributed by atoms with Crippen LogP contribution in [0.25, 0.3) is 0 Å². The molecule has 0 spiro atoms. The van der Waals surface area contributed by atoms with E-state index in [1.54, 1.807) is 55.5 Å². The lowest BCUT2D eigenvalue weighted by atomic mass is 10.2. The summed E-state index contributed by atoms with van der Waals surface area (Å²) in [6.45, 7) is 1.58. The molecule has 2 aromatic rings. The molecular formula is C23H26N2O7. The molecule has 0 aliphatic rings. The Morgan fingerprint density at radius 2 is 1.56 bits per heavy atom. The van der Waals surface area contributed by atoms with Crippen LogP contribution in [-0.2, 0) is 23.9 Å². The average molecular weight is 442 g/mol. The fraction of sp³-hybridized carbons (Fsp3) is 0.304. The zero-order chi connectivity index (χ0) is 23.3. The van der Waals surface area contributed by atoms with Gasteiger partial charge in [-0.1, -0.05) is 6.07 Å². The summed E-state index contributed by atoms with van der Waals surface area (Å²) in [4.78, 5) is 47.3. The van der Waals surface area contributed by atoms with Crippen LogP contribution < -0.4 is 15.4 Å². The van der Waals surface area contributed by atoms with Crippen molar-refractivity contribution >= 4 is 35.1 Å². The quantitative estimate of drug-likeness (QED) is 0.513. The highest BCUT2D eigenvalue weighted by molar-refractivity contribution is 5.94. The molecule has 0 fully saturated rings. The first-order valence-corrected chi connectivity index (χ1v) is 10.1. The Hall–Kier alpha value is -3.88. The molecule has 2 N–H and O–H groups in total. The van der Waals surface area contributed by atoms with Gasteiger partial charge < -0.3 is 24.8 Å². The van der Waals surface area contributed by atoms with E-state index in [2.05, 4.69) is 10.6 Å². The molecule has 2 aromatic carbocycles. The van der Waals surface area contributed by atoms with Crippen LogP contribution in [0, 0.1) is 0 Å². The van der Waals surface area contributed by atoms with Crippen LogP contribution in [0.5, 0.6) is 5.75 Å². The van der Waals surface area contributed by atoms with Crippen molar-refractivity contribution in [2.75, 3.05) is 31.0 Å². The van der Waals surface area contributed by atoms with Crippen LogP contribution in [0.2, 0.25) is 0 Å². The number of nitrogens with one attached hydrogen (secondary N) is 2. The van der Waals surface area contributed by atoms with Gasteiger partial charge in [-0.2, -0.15) is 0 Å². The first-order valence-electron chi connectivity index (χ1n) is 10.1. The van der Waals surface area contributed by atoms with Gasteiger partial charge in [-0.25, -0.2) is 4.79 Å². The summed E-state index contributed by atoms with van der Waals surface area (Å²) < 4.78 is 14.9. The molecule has 0 heterocycles. The lowest BCUT2D eigenvalue weighted by Crippen LogP contribution is -2.21. The number of benzene rings is 2. The normalized spacial score (nSPS) is 10.1. The van der Waals surface area contributed by atoms with Gasteiger partial charge >= 0.3 is 11.9 Å².